The fourth-order valence-corrected chi connectivity index (χ4v) is 10.9. The smallest absolute Gasteiger partial charge is 0.311 e. The van der Waals surface area contributed by atoms with Crippen molar-refractivity contribution in [2.24, 2.45) is 35.0 Å². The third-order valence-corrected chi connectivity index (χ3v) is 12.5. The van der Waals surface area contributed by atoms with Gasteiger partial charge in [0.25, 0.3) is 0 Å². The summed E-state index contributed by atoms with van der Waals surface area (Å²) in [6.07, 6.45) is 0.143. The molecule has 2 bridgehead atoms. The van der Waals surface area contributed by atoms with Crippen LogP contribution < -0.4 is 0 Å². The number of rotatable bonds is 1. The Labute approximate surface area is 236 Å². The molecule has 6 aliphatic heterocycles. The number of Topliss-reactive ketones (excluding diaryl/α,β-unsaturated/α-hetero) is 2. The number of carbonyl (C=O) groups is 4. The van der Waals surface area contributed by atoms with Crippen LogP contribution >= 0.6 is 0 Å². The molecule has 41 heavy (non-hydrogen) atoms. The number of hydrogen-bond acceptors (Lipinski definition) is 11. The molecule has 0 unspecified atom stereocenters. The van der Waals surface area contributed by atoms with Crippen molar-refractivity contribution in [3.8, 4) is 0 Å². The highest BCUT2D eigenvalue weighted by molar-refractivity contribution is 6.01. The average molecular weight is 579 g/mol. The zero-order valence-electron chi connectivity index (χ0n) is 23.7. The molecule has 0 radical (unpaired) electrons. The summed E-state index contributed by atoms with van der Waals surface area (Å²) >= 11 is 0. The molecule has 6 saturated heterocycles. The molecule has 12 nitrogen and oxygen atoms in total. The number of hydrogen-bond donors (Lipinski definition) is 2. The van der Waals surface area contributed by atoms with Crippen molar-refractivity contribution in [1.82, 2.24) is 0 Å². The highest BCUT2D eigenvalue weighted by atomic mass is 16.8. The summed E-state index contributed by atoms with van der Waals surface area (Å²) in [5.74, 6) is -8.00. The van der Waals surface area contributed by atoms with Crippen molar-refractivity contribution >= 4 is 23.5 Å². The fraction of sp³-hybridized carbons (Fsp3) is 0.862. The van der Waals surface area contributed by atoms with Gasteiger partial charge in [-0.15, -0.1) is 0 Å². The van der Waals surface area contributed by atoms with E-state index in [2.05, 4.69) is 0 Å². The molecule has 6 heterocycles. The van der Waals surface area contributed by atoms with Gasteiger partial charge in [0.1, 0.15) is 23.1 Å². The lowest BCUT2D eigenvalue weighted by atomic mass is 9.61. The molecule has 2 aliphatic carbocycles. The SMILES string of the molecule is C[C@@H]1C(=O)[C@@]2(C)CC[C@]34C[C@]56OC(=O)C[C@H]5O[C@@](C)(CO)[C@@H]6CC[C@@]3(O)C(=O)[C@@]3(O[C@@]5(C[C@H](C)C(=O)O5)[C@@H]1[C@H]32)O4.O. The number of ether oxygens (including phenoxy) is 5. The van der Waals surface area contributed by atoms with E-state index in [4.69, 9.17) is 23.7 Å². The molecule has 2 saturated carbocycles. The molecule has 13 atom stereocenters. The maximum Gasteiger partial charge on any atom is 0.311 e. The Morgan fingerprint density at radius 1 is 1.00 bits per heavy atom. The molecule has 8 rings (SSSR count). The van der Waals surface area contributed by atoms with Crippen molar-refractivity contribution in [2.45, 2.75) is 113 Å². The van der Waals surface area contributed by atoms with Gasteiger partial charge in [0, 0.05) is 41.9 Å². The van der Waals surface area contributed by atoms with E-state index < -0.39 is 92.8 Å². The second kappa shape index (κ2) is 7.57. The predicted octanol–water partition coefficient (Wildman–Crippen LogP) is 0.124. The second-order valence-electron chi connectivity index (χ2n) is 14.4. The lowest BCUT2D eigenvalue weighted by Crippen LogP contribution is -2.60. The first-order valence-electron chi connectivity index (χ1n) is 14.6. The summed E-state index contributed by atoms with van der Waals surface area (Å²) in [5, 5.41) is 22.9. The lowest BCUT2D eigenvalue weighted by molar-refractivity contribution is -0.316. The van der Waals surface area contributed by atoms with Crippen LogP contribution in [0.25, 0.3) is 0 Å². The maximum absolute atomic E-state index is 14.8. The van der Waals surface area contributed by atoms with E-state index in [1.54, 1.807) is 20.8 Å². The van der Waals surface area contributed by atoms with Crippen LogP contribution in [0.2, 0.25) is 0 Å². The Hall–Kier alpha value is -1.96. The van der Waals surface area contributed by atoms with Crippen LogP contribution in [0.15, 0.2) is 0 Å². The van der Waals surface area contributed by atoms with Crippen LogP contribution in [0.3, 0.4) is 0 Å². The second-order valence-corrected chi connectivity index (χ2v) is 14.4. The van der Waals surface area contributed by atoms with Gasteiger partial charge >= 0.3 is 11.9 Å². The fourth-order valence-electron chi connectivity index (χ4n) is 10.9. The van der Waals surface area contributed by atoms with Crippen LogP contribution in [-0.2, 0) is 42.9 Å². The Balaban J connectivity index is 0.00000276. The molecule has 4 spiro atoms. The van der Waals surface area contributed by atoms with E-state index >= 15 is 0 Å². The lowest BCUT2D eigenvalue weighted by Gasteiger charge is -2.43. The summed E-state index contributed by atoms with van der Waals surface area (Å²) in [6, 6.07) is 0. The maximum atomic E-state index is 14.8. The quantitative estimate of drug-likeness (QED) is 0.403. The van der Waals surface area contributed by atoms with Crippen LogP contribution in [-0.4, -0.2) is 85.9 Å². The van der Waals surface area contributed by atoms with Crippen molar-refractivity contribution in [3.63, 3.8) is 0 Å². The number of aliphatic hydroxyl groups excluding tert-OH is 1. The normalized spacial score (nSPS) is 59.7. The van der Waals surface area contributed by atoms with Gasteiger partial charge < -0.3 is 34.6 Å². The van der Waals surface area contributed by atoms with E-state index in [0.717, 1.165) is 0 Å². The zero-order chi connectivity index (χ0) is 28.5. The average Bonchev–Trinajstić information content (AvgIpc) is 3.56. The summed E-state index contributed by atoms with van der Waals surface area (Å²) < 4.78 is 31.8. The van der Waals surface area contributed by atoms with Gasteiger partial charge in [-0.3, -0.25) is 23.9 Å². The topological polar surface area (TPSA) is 186 Å². The van der Waals surface area contributed by atoms with Crippen LogP contribution in [0, 0.1) is 35.0 Å². The number of aliphatic hydroxyl groups is 2. The van der Waals surface area contributed by atoms with Gasteiger partial charge in [0.05, 0.1) is 24.5 Å². The first-order chi connectivity index (χ1) is 18.7. The summed E-state index contributed by atoms with van der Waals surface area (Å²) in [6.45, 7) is 6.82. The summed E-state index contributed by atoms with van der Waals surface area (Å²) in [7, 11) is 0. The molecule has 0 amide bonds. The molecule has 4 N–H and O–H groups in total. The first-order valence-corrected chi connectivity index (χ1v) is 14.6. The number of ketones is 2. The number of esters is 2. The van der Waals surface area contributed by atoms with Crippen LogP contribution in [0.4, 0.5) is 0 Å². The number of fused-ring (bicyclic) bond motifs is 1. The van der Waals surface area contributed by atoms with Gasteiger partial charge in [0.15, 0.2) is 5.60 Å². The molecule has 0 aromatic rings. The highest BCUT2D eigenvalue weighted by Gasteiger charge is 2.89. The van der Waals surface area contributed by atoms with E-state index in [0.29, 0.717) is 6.42 Å². The highest BCUT2D eigenvalue weighted by Crippen LogP contribution is 2.75. The van der Waals surface area contributed by atoms with Crippen LogP contribution in [0.5, 0.6) is 0 Å². The van der Waals surface area contributed by atoms with Gasteiger partial charge in [-0.1, -0.05) is 20.8 Å². The van der Waals surface area contributed by atoms with Crippen molar-refractivity contribution in [3.05, 3.63) is 0 Å². The van der Waals surface area contributed by atoms with Crippen LogP contribution in [0.1, 0.15) is 72.6 Å². The van der Waals surface area contributed by atoms with Crippen molar-refractivity contribution in [1.29, 1.82) is 0 Å². The van der Waals surface area contributed by atoms with Gasteiger partial charge in [-0.25, -0.2) is 0 Å². The minimum absolute atomic E-state index is 0. The predicted molar refractivity (Wildman–Crippen MR) is 133 cm³/mol. The first kappa shape index (κ1) is 27.8. The van der Waals surface area contributed by atoms with E-state index in [-0.39, 0.29) is 56.4 Å². The summed E-state index contributed by atoms with van der Waals surface area (Å²) in [4.78, 5) is 54.2. The largest absolute Gasteiger partial charge is 0.456 e. The Morgan fingerprint density at radius 2 is 1.73 bits per heavy atom. The third kappa shape index (κ3) is 2.71. The third-order valence-electron chi connectivity index (χ3n) is 12.5. The van der Waals surface area contributed by atoms with Gasteiger partial charge in [-0.05, 0) is 32.6 Å². The summed E-state index contributed by atoms with van der Waals surface area (Å²) in [5.41, 5.74) is -6.85. The van der Waals surface area contributed by atoms with Crippen molar-refractivity contribution in [2.75, 3.05) is 6.61 Å². The van der Waals surface area contributed by atoms with E-state index in [1.807, 2.05) is 6.92 Å². The Bertz CT molecular complexity index is 1300. The molecule has 8 fully saturated rings. The molecule has 0 aromatic heterocycles. The molecule has 0 aromatic carbocycles. The molecular formula is C29H38O12. The standard InChI is InChI=1S/C29H36O11.H2O/c1-13-10-28(38-21(13)33)18-14(2)20(32)23(3)7-8-25-11-26-15(24(4,12-30)36-16(26)9-17(31)37-26)5-6-27(25,35)22(34)29(39-25,40-28)19(18)23;/h13-16,18-19,30,35H,5-12H2,1-4H3;1H2/t13-,14-,15-,16+,18-,19-,23-,24-,25-,26+,27+,28-,29+;/m0./s1. The van der Waals surface area contributed by atoms with E-state index in [1.165, 1.54) is 0 Å². The molecule has 12 heteroatoms. The molecule has 8 aliphatic rings. The Morgan fingerprint density at radius 3 is 2.39 bits per heavy atom. The Kier molecular flexibility index (Phi) is 5.14. The molecular weight excluding hydrogens is 540 g/mol. The van der Waals surface area contributed by atoms with Gasteiger partial charge in [-0.2, -0.15) is 0 Å². The number of carbonyl (C=O) groups excluding carboxylic acids is 4. The van der Waals surface area contributed by atoms with E-state index in [9.17, 15) is 29.4 Å². The molecule has 226 valence electrons. The zero-order valence-corrected chi connectivity index (χ0v) is 23.7. The minimum Gasteiger partial charge on any atom is -0.456 e. The monoisotopic (exact) mass is 578 g/mol. The minimum atomic E-state index is -2.01. The van der Waals surface area contributed by atoms with Crippen molar-refractivity contribution < 1.29 is 58.6 Å². The van der Waals surface area contributed by atoms with Gasteiger partial charge in [0.2, 0.25) is 17.4 Å².